The second kappa shape index (κ2) is 7.92. The second-order valence-electron chi connectivity index (χ2n) is 7.30. The molecule has 1 N–H and O–H groups in total. The molecule has 1 amide bonds. The van der Waals surface area contributed by atoms with Gasteiger partial charge >= 0.3 is 0 Å². The molecule has 1 aliphatic heterocycles. The standard InChI is InChI=1S/C23H23BrN2O2/c1-2-7-21(28)26-19-12-4-3-10-17(19)25-18-11-6-13-20(27)22(18)23(26)15-8-5-9-16(24)14-15/h3-5,8-12,14,22-23,25H,2,6-7,13H2,1H3/t22-,23-/m1/s1. The number of ketones is 1. The number of Topliss-reactive ketones (excluding diaryl/α,β-unsaturated/α-hetero) is 1. The van der Waals surface area contributed by atoms with Gasteiger partial charge in [0.15, 0.2) is 0 Å². The number of fused-ring (bicyclic) bond motifs is 2. The first-order valence-corrected chi connectivity index (χ1v) is 10.6. The first-order valence-electron chi connectivity index (χ1n) is 9.76. The summed E-state index contributed by atoms with van der Waals surface area (Å²) in [5.74, 6) is -0.172. The maximum absolute atomic E-state index is 13.3. The van der Waals surface area contributed by atoms with Crippen LogP contribution in [0.4, 0.5) is 11.4 Å². The fourth-order valence-electron chi connectivity index (χ4n) is 4.20. The van der Waals surface area contributed by atoms with Crippen LogP contribution in [0.15, 0.2) is 64.8 Å². The Morgan fingerprint density at radius 2 is 2.04 bits per heavy atom. The quantitative estimate of drug-likeness (QED) is 0.676. The molecular weight excluding hydrogens is 416 g/mol. The van der Waals surface area contributed by atoms with Crippen molar-refractivity contribution in [3.63, 3.8) is 0 Å². The molecule has 28 heavy (non-hydrogen) atoms. The van der Waals surface area contributed by atoms with Gasteiger partial charge in [0.2, 0.25) is 5.91 Å². The van der Waals surface area contributed by atoms with Crippen LogP contribution in [0.3, 0.4) is 0 Å². The molecule has 0 spiro atoms. The average Bonchev–Trinajstić information content (AvgIpc) is 2.83. The number of carbonyl (C=O) groups excluding carboxylic acids is 2. The van der Waals surface area contributed by atoms with Gasteiger partial charge in [0.05, 0.1) is 23.3 Å². The zero-order chi connectivity index (χ0) is 19.7. The molecular formula is C23H23BrN2O2. The Kier molecular flexibility index (Phi) is 5.36. The lowest BCUT2D eigenvalue weighted by molar-refractivity contribution is -0.123. The van der Waals surface area contributed by atoms with Gasteiger partial charge in [-0.1, -0.05) is 53.2 Å². The summed E-state index contributed by atoms with van der Waals surface area (Å²) >= 11 is 3.55. The largest absolute Gasteiger partial charge is 0.357 e. The number of hydrogen-bond acceptors (Lipinski definition) is 3. The third-order valence-electron chi connectivity index (χ3n) is 5.40. The number of allylic oxidation sites excluding steroid dienone is 1. The first kappa shape index (κ1) is 18.9. The number of carbonyl (C=O) groups is 2. The molecule has 4 rings (SSSR count). The lowest BCUT2D eigenvalue weighted by atomic mass is 9.81. The Labute approximate surface area is 173 Å². The maximum atomic E-state index is 13.3. The number of para-hydroxylation sites is 2. The van der Waals surface area contributed by atoms with Crippen LogP contribution in [0, 0.1) is 5.92 Å². The topological polar surface area (TPSA) is 49.4 Å². The van der Waals surface area contributed by atoms with Crippen molar-refractivity contribution >= 4 is 39.0 Å². The van der Waals surface area contributed by atoms with Crippen LogP contribution in [0.1, 0.15) is 44.2 Å². The molecule has 0 saturated carbocycles. The molecule has 0 radical (unpaired) electrons. The molecule has 0 saturated heterocycles. The van der Waals surface area contributed by atoms with Gasteiger partial charge < -0.3 is 10.2 Å². The van der Waals surface area contributed by atoms with Gasteiger partial charge in [-0.15, -0.1) is 0 Å². The molecule has 0 unspecified atom stereocenters. The van der Waals surface area contributed by atoms with Crippen LogP contribution in [-0.4, -0.2) is 11.7 Å². The van der Waals surface area contributed by atoms with Crippen molar-refractivity contribution in [2.24, 2.45) is 5.92 Å². The normalized spacial score (nSPS) is 21.1. The van der Waals surface area contributed by atoms with Crippen LogP contribution in [-0.2, 0) is 9.59 Å². The van der Waals surface area contributed by atoms with Gasteiger partial charge in [-0.05, 0) is 42.7 Å². The highest BCUT2D eigenvalue weighted by Gasteiger charge is 2.43. The zero-order valence-electron chi connectivity index (χ0n) is 15.8. The molecule has 2 aromatic carbocycles. The summed E-state index contributed by atoms with van der Waals surface area (Å²) < 4.78 is 0.937. The summed E-state index contributed by atoms with van der Waals surface area (Å²) in [6.45, 7) is 2.01. The molecule has 4 nitrogen and oxygen atoms in total. The Balaban J connectivity index is 1.97. The third-order valence-corrected chi connectivity index (χ3v) is 5.89. The molecule has 144 valence electrons. The van der Waals surface area contributed by atoms with E-state index in [1.165, 1.54) is 0 Å². The summed E-state index contributed by atoms with van der Waals surface area (Å²) in [6.07, 6.45) is 4.55. The molecule has 0 aromatic heterocycles. The van der Waals surface area contributed by atoms with Crippen LogP contribution in [0.2, 0.25) is 0 Å². The van der Waals surface area contributed by atoms with Crippen molar-refractivity contribution in [2.75, 3.05) is 10.2 Å². The summed E-state index contributed by atoms with van der Waals surface area (Å²) in [4.78, 5) is 28.3. The van der Waals surface area contributed by atoms with E-state index in [9.17, 15) is 9.59 Å². The fourth-order valence-corrected chi connectivity index (χ4v) is 4.62. The maximum Gasteiger partial charge on any atom is 0.227 e. The zero-order valence-corrected chi connectivity index (χ0v) is 17.4. The predicted molar refractivity (Wildman–Crippen MR) is 115 cm³/mol. The van der Waals surface area contributed by atoms with Crippen molar-refractivity contribution in [1.29, 1.82) is 0 Å². The highest BCUT2D eigenvalue weighted by Crippen LogP contribution is 2.46. The van der Waals surface area contributed by atoms with E-state index < -0.39 is 5.92 Å². The monoisotopic (exact) mass is 438 g/mol. The highest BCUT2D eigenvalue weighted by atomic mass is 79.9. The lowest BCUT2D eigenvalue weighted by Gasteiger charge is -2.36. The number of anilines is 2. The molecule has 5 heteroatoms. The molecule has 1 aliphatic carbocycles. The summed E-state index contributed by atoms with van der Waals surface area (Å²) in [5.41, 5.74) is 3.56. The van der Waals surface area contributed by atoms with Gasteiger partial charge in [0.25, 0.3) is 0 Å². The Bertz CT molecular complexity index is 953. The van der Waals surface area contributed by atoms with Gasteiger partial charge in [0, 0.05) is 23.0 Å². The van der Waals surface area contributed by atoms with E-state index in [-0.39, 0.29) is 17.7 Å². The Morgan fingerprint density at radius 1 is 1.21 bits per heavy atom. The minimum Gasteiger partial charge on any atom is -0.357 e. The van der Waals surface area contributed by atoms with Gasteiger partial charge in [-0.3, -0.25) is 9.59 Å². The molecule has 0 fully saturated rings. The minimum absolute atomic E-state index is 0.0429. The minimum atomic E-state index is -0.392. The van der Waals surface area contributed by atoms with E-state index >= 15 is 0 Å². The number of nitrogens with zero attached hydrogens (tertiary/aromatic N) is 1. The van der Waals surface area contributed by atoms with Crippen LogP contribution < -0.4 is 10.2 Å². The predicted octanol–water partition coefficient (Wildman–Crippen LogP) is 5.61. The van der Waals surface area contributed by atoms with Gasteiger partial charge in [-0.2, -0.15) is 0 Å². The Morgan fingerprint density at radius 3 is 2.82 bits per heavy atom. The lowest BCUT2D eigenvalue weighted by Crippen LogP contribution is -2.41. The van der Waals surface area contributed by atoms with E-state index in [2.05, 4.69) is 27.3 Å². The smallest absolute Gasteiger partial charge is 0.227 e. The molecule has 1 heterocycles. The second-order valence-corrected chi connectivity index (χ2v) is 8.21. The first-order chi connectivity index (χ1) is 13.6. The SMILES string of the molecule is CCCC(=O)N1c2ccccc2NC2=CCCC(=O)[C@@H]2[C@H]1c1cccc(Br)c1. The Hall–Kier alpha value is -2.40. The van der Waals surface area contributed by atoms with Crippen LogP contribution >= 0.6 is 15.9 Å². The number of rotatable bonds is 3. The number of hydrogen-bond donors (Lipinski definition) is 1. The fraction of sp³-hybridized carbons (Fsp3) is 0.304. The van der Waals surface area contributed by atoms with E-state index in [1.54, 1.807) is 0 Å². The van der Waals surface area contributed by atoms with Crippen molar-refractivity contribution in [2.45, 2.75) is 38.6 Å². The van der Waals surface area contributed by atoms with Gasteiger partial charge in [0.1, 0.15) is 5.78 Å². The molecule has 2 atom stereocenters. The van der Waals surface area contributed by atoms with E-state index in [1.807, 2.05) is 60.4 Å². The van der Waals surface area contributed by atoms with Crippen molar-refractivity contribution in [3.05, 3.63) is 70.3 Å². The van der Waals surface area contributed by atoms with Crippen molar-refractivity contribution in [1.82, 2.24) is 0 Å². The van der Waals surface area contributed by atoms with E-state index in [0.29, 0.717) is 12.8 Å². The van der Waals surface area contributed by atoms with Crippen LogP contribution in [0.5, 0.6) is 0 Å². The number of benzene rings is 2. The number of nitrogens with one attached hydrogen (secondary N) is 1. The molecule has 2 aliphatic rings. The van der Waals surface area contributed by atoms with E-state index in [0.717, 1.165) is 39.9 Å². The van der Waals surface area contributed by atoms with E-state index in [4.69, 9.17) is 0 Å². The average molecular weight is 439 g/mol. The number of halogens is 1. The third kappa shape index (κ3) is 3.39. The summed E-state index contributed by atoms with van der Waals surface area (Å²) in [6, 6.07) is 15.4. The van der Waals surface area contributed by atoms with Crippen molar-refractivity contribution < 1.29 is 9.59 Å². The number of amides is 1. The highest BCUT2D eigenvalue weighted by molar-refractivity contribution is 9.10. The van der Waals surface area contributed by atoms with Gasteiger partial charge in [-0.25, -0.2) is 0 Å². The molecule has 2 aromatic rings. The van der Waals surface area contributed by atoms with Crippen molar-refractivity contribution in [3.8, 4) is 0 Å². The van der Waals surface area contributed by atoms with Crippen LogP contribution in [0.25, 0.3) is 0 Å². The summed E-state index contributed by atoms with van der Waals surface area (Å²) in [7, 11) is 0. The summed E-state index contributed by atoms with van der Waals surface area (Å²) in [5, 5.41) is 3.47. The molecule has 0 bridgehead atoms.